The Kier molecular flexibility index (Phi) is 2.40. The molecule has 6 heteroatoms. The number of aromatic nitrogens is 2. The normalized spacial score (nSPS) is 10.4. The second-order valence-corrected chi connectivity index (χ2v) is 3.26. The lowest BCUT2D eigenvalue weighted by atomic mass is 10.1. The number of rotatable bonds is 2. The van der Waals surface area contributed by atoms with Crippen molar-refractivity contribution in [1.29, 1.82) is 0 Å². The molecule has 82 valence electrons. The molecule has 0 aliphatic carbocycles. The lowest BCUT2D eigenvalue weighted by Gasteiger charge is -2.03. The summed E-state index contributed by atoms with van der Waals surface area (Å²) in [6.07, 6.45) is 1.53. The summed E-state index contributed by atoms with van der Waals surface area (Å²) in [5.41, 5.74) is 0.668. The number of benzene rings is 1. The van der Waals surface area contributed by atoms with E-state index in [-0.39, 0.29) is 5.69 Å². The molecule has 0 fully saturated rings. The molecular formula is C10H8FN3O2. The van der Waals surface area contributed by atoms with Gasteiger partial charge in [-0.25, -0.2) is 4.39 Å². The summed E-state index contributed by atoms with van der Waals surface area (Å²) < 4.78 is 14.4. The second kappa shape index (κ2) is 3.73. The van der Waals surface area contributed by atoms with Crippen molar-refractivity contribution < 1.29 is 9.31 Å². The van der Waals surface area contributed by atoms with Gasteiger partial charge in [-0.3, -0.25) is 14.8 Å². The SMILES string of the molecule is Cn1nccc1-c1ccc(F)cc1[N+](=O)[O-]. The molecule has 0 unspecified atom stereocenters. The van der Waals surface area contributed by atoms with Crippen LogP contribution in [0, 0.1) is 15.9 Å². The van der Waals surface area contributed by atoms with Crippen LogP contribution in [0.25, 0.3) is 11.3 Å². The second-order valence-electron chi connectivity index (χ2n) is 3.26. The van der Waals surface area contributed by atoms with Crippen molar-refractivity contribution in [1.82, 2.24) is 9.78 Å². The molecule has 0 atom stereocenters. The van der Waals surface area contributed by atoms with Gasteiger partial charge in [-0.15, -0.1) is 0 Å². The van der Waals surface area contributed by atoms with Gasteiger partial charge < -0.3 is 0 Å². The first-order chi connectivity index (χ1) is 7.59. The standard InChI is InChI=1S/C10H8FN3O2/c1-13-9(4-5-12-13)8-3-2-7(11)6-10(8)14(15)16/h2-6H,1H3. The monoisotopic (exact) mass is 221 g/mol. The minimum Gasteiger partial charge on any atom is -0.268 e. The van der Waals surface area contributed by atoms with E-state index in [1.54, 1.807) is 13.1 Å². The summed E-state index contributed by atoms with van der Waals surface area (Å²) in [6, 6.07) is 5.11. The average Bonchev–Trinajstić information content (AvgIpc) is 2.64. The van der Waals surface area contributed by atoms with Crippen molar-refractivity contribution in [3.63, 3.8) is 0 Å². The zero-order valence-corrected chi connectivity index (χ0v) is 8.42. The van der Waals surface area contributed by atoms with Crippen LogP contribution in [0.5, 0.6) is 0 Å². The number of nitro groups is 1. The van der Waals surface area contributed by atoms with Crippen LogP contribution in [-0.4, -0.2) is 14.7 Å². The Bertz CT molecular complexity index is 551. The van der Waals surface area contributed by atoms with Crippen LogP contribution in [0.2, 0.25) is 0 Å². The summed E-state index contributed by atoms with van der Waals surface area (Å²) in [6.45, 7) is 0. The van der Waals surface area contributed by atoms with Crippen molar-refractivity contribution >= 4 is 5.69 Å². The highest BCUT2D eigenvalue weighted by Crippen LogP contribution is 2.29. The van der Waals surface area contributed by atoms with Crippen LogP contribution in [0.1, 0.15) is 0 Å². The van der Waals surface area contributed by atoms with Crippen LogP contribution in [-0.2, 0) is 7.05 Å². The third-order valence-corrected chi connectivity index (χ3v) is 2.25. The maximum absolute atomic E-state index is 12.9. The third kappa shape index (κ3) is 1.65. The highest BCUT2D eigenvalue weighted by Gasteiger charge is 2.18. The molecule has 2 rings (SSSR count). The predicted molar refractivity (Wildman–Crippen MR) is 55.3 cm³/mol. The molecular weight excluding hydrogens is 213 g/mol. The minimum atomic E-state index is -0.627. The highest BCUT2D eigenvalue weighted by atomic mass is 19.1. The van der Waals surface area contributed by atoms with Gasteiger partial charge in [0.05, 0.1) is 22.2 Å². The van der Waals surface area contributed by atoms with Crippen molar-refractivity contribution in [3.8, 4) is 11.3 Å². The molecule has 0 amide bonds. The fraction of sp³-hybridized carbons (Fsp3) is 0.100. The molecule has 1 heterocycles. The van der Waals surface area contributed by atoms with Gasteiger partial charge in [0.25, 0.3) is 5.69 Å². The topological polar surface area (TPSA) is 61.0 Å². The number of aryl methyl sites for hydroxylation is 1. The molecule has 0 bridgehead atoms. The minimum absolute atomic E-state index is 0.261. The molecule has 0 saturated heterocycles. The Balaban J connectivity index is 2.65. The highest BCUT2D eigenvalue weighted by molar-refractivity contribution is 5.70. The van der Waals surface area contributed by atoms with Gasteiger partial charge in [-0.1, -0.05) is 0 Å². The van der Waals surface area contributed by atoms with E-state index in [4.69, 9.17) is 0 Å². The molecule has 0 saturated carbocycles. The van der Waals surface area contributed by atoms with Crippen LogP contribution in [0.3, 0.4) is 0 Å². The van der Waals surface area contributed by atoms with E-state index in [0.29, 0.717) is 11.3 Å². The largest absolute Gasteiger partial charge is 0.281 e. The van der Waals surface area contributed by atoms with E-state index in [9.17, 15) is 14.5 Å². The molecule has 0 aliphatic rings. The first kappa shape index (κ1) is 10.3. The fourth-order valence-corrected chi connectivity index (χ4v) is 1.51. The van der Waals surface area contributed by atoms with E-state index in [1.807, 2.05) is 0 Å². The lowest BCUT2D eigenvalue weighted by Crippen LogP contribution is -1.98. The smallest absolute Gasteiger partial charge is 0.268 e. The summed E-state index contributed by atoms with van der Waals surface area (Å²) >= 11 is 0. The number of nitro benzene ring substituents is 1. The molecule has 0 spiro atoms. The molecule has 2 aromatic rings. The van der Waals surface area contributed by atoms with Crippen molar-refractivity contribution in [2.24, 2.45) is 7.05 Å². The average molecular weight is 221 g/mol. The van der Waals surface area contributed by atoms with E-state index in [1.165, 1.54) is 23.0 Å². The van der Waals surface area contributed by atoms with Crippen LogP contribution in [0.15, 0.2) is 30.5 Å². The zero-order chi connectivity index (χ0) is 11.7. The maximum atomic E-state index is 12.9. The first-order valence-electron chi connectivity index (χ1n) is 4.52. The van der Waals surface area contributed by atoms with E-state index in [0.717, 1.165) is 6.07 Å². The summed E-state index contributed by atoms with van der Waals surface area (Å²) in [5.74, 6) is -0.627. The summed E-state index contributed by atoms with van der Waals surface area (Å²) in [5, 5.41) is 14.7. The molecule has 1 aromatic heterocycles. The molecule has 0 aliphatic heterocycles. The van der Waals surface area contributed by atoms with Crippen molar-refractivity contribution in [2.75, 3.05) is 0 Å². The van der Waals surface area contributed by atoms with Crippen molar-refractivity contribution in [2.45, 2.75) is 0 Å². The Morgan fingerprint density at radius 1 is 1.44 bits per heavy atom. The van der Waals surface area contributed by atoms with E-state index >= 15 is 0 Å². The van der Waals surface area contributed by atoms with Crippen LogP contribution >= 0.6 is 0 Å². The fourth-order valence-electron chi connectivity index (χ4n) is 1.51. The van der Waals surface area contributed by atoms with E-state index in [2.05, 4.69) is 5.10 Å². The Hall–Kier alpha value is -2.24. The Morgan fingerprint density at radius 2 is 2.19 bits per heavy atom. The van der Waals surface area contributed by atoms with Crippen LogP contribution in [0.4, 0.5) is 10.1 Å². The third-order valence-electron chi connectivity index (χ3n) is 2.25. The molecule has 0 N–H and O–H groups in total. The number of halogens is 1. The Morgan fingerprint density at radius 3 is 2.75 bits per heavy atom. The number of hydrogen-bond donors (Lipinski definition) is 0. The van der Waals surface area contributed by atoms with Gasteiger partial charge in [0, 0.05) is 13.2 Å². The number of nitrogens with zero attached hydrogens (tertiary/aromatic N) is 3. The summed E-state index contributed by atoms with van der Waals surface area (Å²) in [7, 11) is 1.67. The molecule has 5 nitrogen and oxygen atoms in total. The first-order valence-corrected chi connectivity index (χ1v) is 4.52. The van der Waals surface area contributed by atoms with Gasteiger partial charge in [0.2, 0.25) is 0 Å². The molecule has 1 aromatic carbocycles. The Labute approximate surface area is 90.3 Å². The van der Waals surface area contributed by atoms with Gasteiger partial charge in [0.15, 0.2) is 0 Å². The predicted octanol–water partition coefficient (Wildman–Crippen LogP) is 2.13. The van der Waals surface area contributed by atoms with Crippen LogP contribution < -0.4 is 0 Å². The summed E-state index contributed by atoms with van der Waals surface area (Å²) in [4.78, 5) is 10.2. The number of hydrogen-bond acceptors (Lipinski definition) is 3. The molecule has 0 radical (unpaired) electrons. The van der Waals surface area contributed by atoms with Gasteiger partial charge in [-0.05, 0) is 18.2 Å². The maximum Gasteiger partial charge on any atom is 0.281 e. The van der Waals surface area contributed by atoms with Gasteiger partial charge in [0.1, 0.15) is 5.82 Å². The van der Waals surface area contributed by atoms with Crippen molar-refractivity contribution in [3.05, 3.63) is 46.4 Å². The van der Waals surface area contributed by atoms with Gasteiger partial charge in [-0.2, -0.15) is 5.10 Å². The quantitative estimate of drug-likeness (QED) is 0.576. The van der Waals surface area contributed by atoms with E-state index < -0.39 is 10.7 Å². The zero-order valence-electron chi connectivity index (χ0n) is 8.42. The van der Waals surface area contributed by atoms with Gasteiger partial charge >= 0.3 is 0 Å². The lowest BCUT2D eigenvalue weighted by molar-refractivity contribution is -0.384. The molecule has 16 heavy (non-hydrogen) atoms.